The minimum atomic E-state index is -0.268. The van der Waals surface area contributed by atoms with E-state index < -0.39 is 0 Å². The molecule has 1 amide bonds. The first kappa shape index (κ1) is 15.4. The smallest absolute Gasteiger partial charge is 0.270 e. The van der Waals surface area contributed by atoms with E-state index in [2.05, 4.69) is 9.97 Å². The van der Waals surface area contributed by atoms with Gasteiger partial charge in [-0.1, -0.05) is 12.1 Å². The van der Waals surface area contributed by atoms with E-state index in [1.807, 2.05) is 18.2 Å². The van der Waals surface area contributed by atoms with Gasteiger partial charge in [0.05, 0.1) is 18.4 Å². The van der Waals surface area contributed by atoms with Crippen LogP contribution in [0, 0.1) is 0 Å². The van der Waals surface area contributed by atoms with Crippen LogP contribution in [0.5, 0.6) is 0 Å². The molecule has 0 spiro atoms. The molecule has 6 heteroatoms. The van der Waals surface area contributed by atoms with Crippen molar-refractivity contribution in [2.45, 2.75) is 25.6 Å². The lowest BCUT2D eigenvalue weighted by Crippen LogP contribution is -2.43. The first-order valence-electron chi connectivity index (χ1n) is 7.72. The number of aromatic amines is 1. The van der Waals surface area contributed by atoms with Crippen LogP contribution < -0.4 is 5.56 Å². The highest BCUT2D eigenvalue weighted by Gasteiger charge is 2.25. The zero-order chi connectivity index (χ0) is 16.1. The third-order valence-corrected chi connectivity index (χ3v) is 3.86. The van der Waals surface area contributed by atoms with Gasteiger partial charge in [0.25, 0.3) is 5.91 Å². The molecule has 6 nitrogen and oxygen atoms in total. The van der Waals surface area contributed by atoms with Crippen molar-refractivity contribution in [2.24, 2.45) is 0 Å². The Kier molecular flexibility index (Phi) is 4.83. The molecular weight excluding hydrogens is 294 g/mol. The number of hydrogen-bond acceptors (Lipinski definition) is 4. The van der Waals surface area contributed by atoms with E-state index in [9.17, 15) is 9.59 Å². The lowest BCUT2D eigenvalue weighted by atomic mass is 10.1. The SMILES string of the molecule is O=C(c1cccc(=O)[nH]1)N1CCCC(OCc2ccccn2)C1. The second kappa shape index (κ2) is 7.19. The van der Waals surface area contributed by atoms with Crippen molar-refractivity contribution in [1.29, 1.82) is 0 Å². The fraction of sp³-hybridized carbons (Fsp3) is 0.353. The molecule has 1 atom stereocenters. The first-order chi connectivity index (χ1) is 11.2. The molecule has 1 unspecified atom stereocenters. The van der Waals surface area contributed by atoms with Gasteiger partial charge >= 0.3 is 0 Å². The number of pyridine rings is 2. The second-order valence-corrected chi connectivity index (χ2v) is 5.58. The Balaban J connectivity index is 1.59. The van der Waals surface area contributed by atoms with Crippen molar-refractivity contribution in [3.8, 4) is 0 Å². The number of carbonyl (C=O) groups is 1. The third kappa shape index (κ3) is 4.04. The molecule has 0 saturated carbocycles. The predicted octanol–water partition coefficient (Wildman–Crippen LogP) is 1.59. The van der Waals surface area contributed by atoms with Crippen LogP contribution in [0.25, 0.3) is 0 Å². The van der Waals surface area contributed by atoms with E-state index in [0.29, 0.717) is 25.4 Å². The number of ether oxygens (including phenoxy) is 1. The molecule has 0 radical (unpaired) electrons. The molecule has 2 aromatic heterocycles. The fourth-order valence-corrected chi connectivity index (χ4v) is 2.69. The molecule has 23 heavy (non-hydrogen) atoms. The average molecular weight is 313 g/mol. The van der Waals surface area contributed by atoms with Crippen LogP contribution >= 0.6 is 0 Å². The van der Waals surface area contributed by atoms with Crippen LogP contribution in [0.2, 0.25) is 0 Å². The van der Waals surface area contributed by atoms with Gasteiger partial charge in [0, 0.05) is 25.4 Å². The van der Waals surface area contributed by atoms with Gasteiger partial charge in [-0.3, -0.25) is 14.6 Å². The van der Waals surface area contributed by atoms with Gasteiger partial charge in [-0.15, -0.1) is 0 Å². The Morgan fingerprint density at radius 1 is 1.30 bits per heavy atom. The normalized spacial score (nSPS) is 17.9. The third-order valence-electron chi connectivity index (χ3n) is 3.86. The summed E-state index contributed by atoms with van der Waals surface area (Å²) in [5.74, 6) is -0.158. The molecule has 2 aromatic rings. The summed E-state index contributed by atoms with van der Waals surface area (Å²) in [6.45, 7) is 1.65. The molecule has 3 heterocycles. The van der Waals surface area contributed by atoms with E-state index in [1.165, 1.54) is 6.07 Å². The summed E-state index contributed by atoms with van der Waals surface area (Å²) in [4.78, 5) is 32.3. The summed E-state index contributed by atoms with van der Waals surface area (Å²) in [6.07, 6.45) is 3.53. The van der Waals surface area contributed by atoms with Crippen molar-refractivity contribution in [2.75, 3.05) is 13.1 Å². The molecule has 0 bridgehead atoms. The molecular formula is C17H19N3O3. The summed E-state index contributed by atoms with van der Waals surface area (Å²) in [5, 5.41) is 0. The molecule has 3 rings (SSSR count). The van der Waals surface area contributed by atoms with Crippen molar-refractivity contribution in [1.82, 2.24) is 14.9 Å². The topological polar surface area (TPSA) is 75.3 Å². The Hall–Kier alpha value is -2.47. The molecule has 1 N–H and O–H groups in total. The summed E-state index contributed by atoms with van der Waals surface area (Å²) in [6, 6.07) is 10.3. The maximum atomic E-state index is 12.5. The van der Waals surface area contributed by atoms with Gasteiger partial charge in [0.15, 0.2) is 0 Å². The highest BCUT2D eigenvalue weighted by atomic mass is 16.5. The van der Waals surface area contributed by atoms with Gasteiger partial charge in [0.2, 0.25) is 5.56 Å². The fourth-order valence-electron chi connectivity index (χ4n) is 2.69. The Morgan fingerprint density at radius 3 is 3.00 bits per heavy atom. The van der Waals surface area contributed by atoms with E-state index in [1.54, 1.807) is 23.2 Å². The summed E-state index contributed by atoms with van der Waals surface area (Å²) in [5.41, 5.74) is 0.932. The van der Waals surface area contributed by atoms with E-state index in [0.717, 1.165) is 18.5 Å². The number of carbonyl (C=O) groups excluding carboxylic acids is 1. The number of hydrogen-bond donors (Lipinski definition) is 1. The molecule has 120 valence electrons. The van der Waals surface area contributed by atoms with Crippen LogP contribution in [0.3, 0.4) is 0 Å². The standard InChI is InChI=1S/C17H19N3O3/c21-16-8-3-7-15(19-16)17(22)20-10-4-6-14(11-20)23-12-13-5-1-2-9-18-13/h1-3,5,7-9,14H,4,6,10-12H2,(H,19,21). The molecule has 0 aromatic carbocycles. The maximum absolute atomic E-state index is 12.5. The number of H-pyrrole nitrogens is 1. The highest BCUT2D eigenvalue weighted by Crippen LogP contribution is 2.16. The van der Waals surface area contributed by atoms with Crippen LogP contribution in [0.4, 0.5) is 0 Å². The van der Waals surface area contributed by atoms with Gasteiger partial charge in [0.1, 0.15) is 5.69 Å². The Morgan fingerprint density at radius 2 is 2.22 bits per heavy atom. The van der Waals surface area contributed by atoms with Crippen molar-refractivity contribution in [3.63, 3.8) is 0 Å². The Bertz CT molecular complexity index is 714. The lowest BCUT2D eigenvalue weighted by Gasteiger charge is -2.32. The van der Waals surface area contributed by atoms with Crippen LogP contribution in [0.15, 0.2) is 47.4 Å². The van der Waals surface area contributed by atoms with Crippen LogP contribution in [-0.2, 0) is 11.3 Å². The average Bonchev–Trinajstić information content (AvgIpc) is 2.60. The van der Waals surface area contributed by atoms with E-state index in [-0.39, 0.29) is 17.6 Å². The molecule has 1 fully saturated rings. The van der Waals surface area contributed by atoms with Crippen molar-refractivity contribution in [3.05, 3.63) is 64.3 Å². The summed E-state index contributed by atoms with van der Waals surface area (Å²) >= 11 is 0. The number of amides is 1. The summed E-state index contributed by atoms with van der Waals surface area (Å²) in [7, 11) is 0. The van der Waals surface area contributed by atoms with Crippen molar-refractivity contribution < 1.29 is 9.53 Å². The lowest BCUT2D eigenvalue weighted by molar-refractivity contribution is -0.00801. The zero-order valence-corrected chi connectivity index (χ0v) is 12.8. The zero-order valence-electron chi connectivity index (χ0n) is 12.8. The number of likely N-dealkylation sites (tertiary alicyclic amines) is 1. The molecule has 1 aliphatic rings. The minimum Gasteiger partial charge on any atom is -0.370 e. The number of rotatable bonds is 4. The van der Waals surface area contributed by atoms with Gasteiger partial charge in [-0.25, -0.2) is 0 Å². The first-order valence-corrected chi connectivity index (χ1v) is 7.72. The van der Waals surface area contributed by atoms with Gasteiger partial charge < -0.3 is 14.6 Å². The Labute approximate surface area is 134 Å². The number of piperidine rings is 1. The molecule has 1 saturated heterocycles. The largest absolute Gasteiger partial charge is 0.370 e. The van der Waals surface area contributed by atoms with E-state index >= 15 is 0 Å². The second-order valence-electron chi connectivity index (χ2n) is 5.58. The molecule has 0 aliphatic carbocycles. The van der Waals surface area contributed by atoms with Crippen LogP contribution in [-0.4, -0.2) is 40.0 Å². The number of aromatic nitrogens is 2. The quantitative estimate of drug-likeness (QED) is 0.930. The monoisotopic (exact) mass is 313 g/mol. The van der Waals surface area contributed by atoms with E-state index in [4.69, 9.17) is 4.74 Å². The summed E-state index contributed by atoms with van der Waals surface area (Å²) < 4.78 is 5.88. The van der Waals surface area contributed by atoms with Gasteiger partial charge in [-0.05, 0) is 31.0 Å². The van der Waals surface area contributed by atoms with Crippen molar-refractivity contribution >= 4 is 5.91 Å². The van der Waals surface area contributed by atoms with Gasteiger partial charge in [-0.2, -0.15) is 0 Å². The maximum Gasteiger partial charge on any atom is 0.270 e. The highest BCUT2D eigenvalue weighted by molar-refractivity contribution is 5.92. The number of nitrogens with one attached hydrogen (secondary N) is 1. The van der Waals surface area contributed by atoms with Crippen LogP contribution in [0.1, 0.15) is 29.0 Å². The molecule has 1 aliphatic heterocycles. The minimum absolute atomic E-state index is 0.00913. The number of nitrogens with zero attached hydrogens (tertiary/aromatic N) is 2. The predicted molar refractivity (Wildman–Crippen MR) is 85.0 cm³/mol.